The molecule has 6 heteroatoms. The highest BCUT2D eigenvalue weighted by molar-refractivity contribution is 5.75. The van der Waals surface area contributed by atoms with Crippen LogP contribution in [-0.4, -0.2) is 28.1 Å². The molecule has 0 aromatic carbocycles. The zero-order valence-electron chi connectivity index (χ0n) is 12.3. The lowest BCUT2D eigenvalue weighted by atomic mass is 10.2. The number of carboxylic acids is 1. The Hall–Kier alpha value is -2.11. The van der Waals surface area contributed by atoms with Gasteiger partial charge in [0.15, 0.2) is 0 Å². The van der Waals surface area contributed by atoms with Gasteiger partial charge in [-0.3, -0.25) is 14.4 Å². The summed E-state index contributed by atoms with van der Waals surface area (Å²) in [4.78, 5) is 33.5. The number of hydrogen-bond donors (Lipinski definition) is 2. The number of unbranched alkanes of at least 4 members (excludes halogenated alkanes) is 2. The molecule has 0 unspecified atom stereocenters. The summed E-state index contributed by atoms with van der Waals surface area (Å²) in [6.45, 7) is 2.81. The van der Waals surface area contributed by atoms with Gasteiger partial charge in [0.1, 0.15) is 0 Å². The molecule has 1 aromatic rings. The first-order chi connectivity index (χ1) is 9.99. The van der Waals surface area contributed by atoms with Gasteiger partial charge < -0.3 is 15.0 Å². The zero-order chi connectivity index (χ0) is 15.7. The Kier molecular flexibility index (Phi) is 7.21. The minimum Gasteiger partial charge on any atom is -0.481 e. The van der Waals surface area contributed by atoms with E-state index in [9.17, 15) is 14.4 Å². The fourth-order valence-electron chi connectivity index (χ4n) is 1.94. The summed E-state index contributed by atoms with van der Waals surface area (Å²) in [7, 11) is 0. The van der Waals surface area contributed by atoms with Crippen molar-refractivity contribution in [3.63, 3.8) is 0 Å². The summed E-state index contributed by atoms with van der Waals surface area (Å²) in [6.07, 6.45) is 4.35. The van der Waals surface area contributed by atoms with Crippen LogP contribution in [0.15, 0.2) is 23.1 Å². The lowest BCUT2D eigenvalue weighted by Crippen LogP contribution is -2.27. The molecule has 0 bridgehead atoms. The van der Waals surface area contributed by atoms with Crippen LogP contribution < -0.4 is 10.9 Å². The fraction of sp³-hybridized carbons (Fsp3) is 0.533. The molecular formula is C15H22N2O4. The summed E-state index contributed by atoms with van der Waals surface area (Å²) >= 11 is 0. The number of nitrogens with one attached hydrogen (secondary N) is 1. The molecule has 0 fully saturated rings. The summed E-state index contributed by atoms with van der Waals surface area (Å²) in [6, 6.07) is 3.24. The van der Waals surface area contributed by atoms with Crippen LogP contribution in [0.5, 0.6) is 0 Å². The van der Waals surface area contributed by atoms with Gasteiger partial charge in [-0.2, -0.15) is 0 Å². The van der Waals surface area contributed by atoms with Crippen molar-refractivity contribution in [3.8, 4) is 0 Å². The lowest BCUT2D eigenvalue weighted by Gasteiger charge is -2.07. The first-order valence-corrected chi connectivity index (χ1v) is 7.14. The molecule has 0 saturated heterocycles. The first kappa shape index (κ1) is 16.9. The van der Waals surface area contributed by atoms with Gasteiger partial charge in [-0.15, -0.1) is 0 Å². The molecule has 2 N–H and O–H groups in total. The van der Waals surface area contributed by atoms with E-state index in [1.807, 2.05) is 6.92 Å². The van der Waals surface area contributed by atoms with Crippen molar-refractivity contribution in [1.29, 1.82) is 0 Å². The molecule has 0 radical (unpaired) electrons. The highest BCUT2D eigenvalue weighted by Gasteiger charge is 2.03. The van der Waals surface area contributed by atoms with Crippen molar-refractivity contribution in [1.82, 2.24) is 9.88 Å². The van der Waals surface area contributed by atoms with E-state index < -0.39 is 5.97 Å². The molecule has 1 amide bonds. The zero-order valence-corrected chi connectivity index (χ0v) is 12.3. The van der Waals surface area contributed by atoms with Gasteiger partial charge in [0.25, 0.3) is 5.56 Å². The number of nitrogens with zero attached hydrogens (tertiary/aromatic N) is 1. The Morgan fingerprint density at radius 1 is 1.19 bits per heavy atom. The third-order valence-corrected chi connectivity index (χ3v) is 3.10. The maximum Gasteiger partial charge on any atom is 0.303 e. The van der Waals surface area contributed by atoms with Gasteiger partial charge in [0.2, 0.25) is 5.91 Å². The van der Waals surface area contributed by atoms with Crippen LogP contribution in [0.25, 0.3) is 0 Å². The molecule has 116 valence electrons. The van der Waals surface area contributed by atoms with E-state index in [0.29, 0.717) is 19.5 Å². The molecule has 1 heterocycles. The highest BCUT2D eigenvalue weighted by Crippen LogP contribution is 1.99. The molecule has 0 atom stereocenters. The van der Waals surface area contributed by atoms with Gasteiger partial charge in [0, 0.05) is 38.2 Å². The van der Waals surface area contributed by atoms with Crippen LogP contribution in [-0.2, 0) is 16.1 Å². The van der Waals surface area contributed by atoms with Gasteiger partial charge in [-0.1, -0.05) is 12.5 Å². The Bertz CT molecular complexity index is 537. The van der Waals surface area contributed by atoms with E-state index in [0.717, 1.165) is 18.4 Å². The second-order valence-corrected chi connectivity index (χ2v) is 5.04. The third kappa shape index (κ3) is 7.29. The molecule has 6 nitrogen and oxygen atoms in total. The van der Waals surface area contributed by atoms with Gasteiger partial charge in [-0.25, -0.2) is 0 Å². The van der Waals surface area contributed by atoms with Crippen LogP contribution in [0.1, 0.15) is 37.7 Å². The number of aromatic nitrogens is 1. The third-order valence-electron chi connectivity index (χ3n) is 3.10. The van der Waals surface area contributed by atoms with Crippen LogP contribution >= 0.6 is 0 Å². The number of aryl methyl sites for hydroxylation is 2. The van der Waals surface area contributed by atoms with Gasteiger partial charge >= 0.3 is 5.97 Å². The summed E-state index contributed by atoms with van der Waals surface area (Å²) < 4.78 is 1.53. The molecule has 0 saturated carbocycles. The van der Waals surface area contributed by atoms with Gasteiger partial charge in [-0.05, 0) is 25.3 Å². The Labute approximate surface area is 123 Å². The molecular weight excluding hydrogens is 272 g/mol. The van der Waals surface area contributed by atoms with Crippen LogP contribution in [0.2, 0.25) is 0 Å². The highest BCUT2D eigenvalue weighted by atomic mass is 16.4. The second kappa shape index (κ2) is 8.94. The molecule has 1 aromatic heterocycles. The summed E-state index contributed by atoms with van der Waals surface area (Å²) in [5, 5.41) is 11.3. The number of amides is 1. The summed E-state index contributed by atoms with van der Waals surface area (Å²) in [5.41, 5.74) is 0.871. The van der Waals surface area contributed by atoms with E-state index in [-0.39, 0.29) is 24.3 Å². The van der Waals surface area contributed by atoms with E-state index in [1.54, 1.807) is 12.3 Å². The van der Waals surface area contributed by atoms with Crippen molar-refractivity contribution in [2.75, 3.05) is 6.54 Å². The van der Waals surface area contributed by atoms with Crippen molar-refractivity contribution >= 4 is 11.9 Å². The molecule has 0 aliphatic rings. The predicted octanol–water partition coefficient (Wildman–Crippen LogP) is 1.31. The van der Waals surface area contributed by atoms with Crippen molar-refractivity contribution in [2.24, 2.45) is 0 Å². The van der Waals surface area contributed by atoms with Crippen LogP contribution in [0.3, 0.4) is 0 Å². The van der Waals surface area contributed by atoms with Crippen molar-refractivity contribution in [3.05, 3.63) is 34.2 Å². The van der Waals surface area contributed by atoms with E-state index in [1.165, 1.54) is 10.6 Å². The minimum absolute atomic E-state index is 0.0957. The maximum atomic E-state index is 11.6. The van der Waals surface area contributed by atoms with Crippen molar-refractivity contribution in [2.45, 2.75) is 45.6 Å². The fourth-order valence-corrected chi connectivity index (χ4v) is 1.94. The number of hydrogen-bond acceptors (Lipinski definition) is 3. The SMILES string of the molecule is Cc1ccc(=O)n(CCC(=O)NCCCCCC(=O)O)c1. The average molecular weight is 294 g/mol. The number of carbonyl (C=O) groups excluding carboxylic acids is 1. The van der Waals surface area contributed by atoms with Crippen LogP contribution in [0.4, 0.5) is 0 Å². The summed E-state index contributed by atoms with van der Waals surface area (Å²) in [5.74, 6) is -0.885. The topological polar surface area (TPSA) is 88.4 Å². The maximum absolute atomic E-state index is 11.6. The largest absolute Gasteiger partial charge is 0.481 e. The Balaban J connectivity index is 2.18. The normalized spacial score (nSPS) is 10.3. The number of carbonyl (C=O) groups is 2. The second-order valence-electron chi connectivity index (χ2n) is 5.04. The van der Waals surface area contributed by atoms with E-state index >= 15 is 0 Å². The molecule has 0 aliphatic carbocycles. The smallest absolute Gasteiger partial charge is 0.303 e. The molecule has 0 spiro atoms. The predicted molar refractivity (Wildman–Crippen MR) is 79.2 cm³/mol. The number of carboxylic acid groups (broad SMARTS) is 1. The molecule has 1 rings (SSSR count). The minimum atomic E-state index is -0.789. The first-order valence-electron chi connectivity index (χ1n) is 7.14. The van der Waals surface area contributed by atoms with Crippen molar-refractivity contribution < 1.29 is 14.7 Å². The monoisotopic (exact) mass is 294 g/mol. The molecule has 0 aliphatic heterocycles. The number of rotatable bonds is 9. The number of pyridine rings is 1. The quantitative estimate of drug-likeness (QED) is 0.672. The average Bonchev–Trinajstić information content (AvgIpc) is 2.43. The number of aliphatic carboxylic acids is 1. The Morgan fingerprint density at radius 3 is 2.67 bits per heavy atom. The lowest BCUT2D eigenvalue weighted by molar-refractivity contribution is -0.137. The van der Waals surface area contributed by atoms with E-state index in [2.05, 4.69) is 5.32 Å². The standard InChI is InChI=1S/C15H22N2O4/c1-12-6-7-14(19)17(11-12)10-8-13(18)16-9-4-2-3-5-15(20)21/h6-7,11H,2-5,8-10H2,1H3,(H,16,18)(H,20,21). The molecule has 21 heavy (non-hydrogen) atoms. The van der Waals surface area contributed by atoms with E-state index in [4.69, 9.17) is 5.11 Å². The Morgan fingerprint density at radius 2 is 1.95 bits per heavy atom. The van der Waals surface area contributed by atoms with Gasteiger partial charge in [0.05, 0.1) is 0 Å². The van der Waals surface area contributed by atoms with Crippen LogP contribution in [0, 0.1) is 6.92 Å².